The molecule has 2 fully saturated rings. The van der Waals surface area contributed by atoms with Gasteiger partial charge in [-0.25, -0.2) is 0 Å². The maximum Gasteiger partial charge on any atom is 0.220 e. The average molecular weight is 534 g/mol. The van der Waals surface area contributed by atoms with Crippen LogP contribution in [0.3, 0.4) is 0 Å². The standard InChI is InChI=1S/C21H35N5OS.HI/c1-2-22-21(24-12-11-23-19(27)16-17-6-3-4-7-17)25-18-9-13-26(14-10-18)20-8-5-15-28-20;/h5,8,15,17-18H,2-4,6-7,9-14,16H2,1H3,(H,23,27)(H2,22,24,25);1H. The first-order valence-corrected chi connectivity index (χ1v) is 11.7. The molecule has 1 aromatic heterocycles. The monoisotopic (exact) mass is 533 g/mol. The third-order valence-electron chi connectivity index (χ3n) is 5.65. The molecule has 2 aliphatic rings. The molecule has 0 spiro atoms. The van der Waals surface area contributed by atoms with Gasteiger partial charge in [-0.3, -0.25) is 9.79 Å². The van der Waals surface area contributed by atoms with Gasteiger partial charge in [0.15, 0.2) is 5.96 Å². The smallest absolute Gasteiger partial charge is 0.220 e. The summed E-state index contributed by atoms with van der Waals surface area (Å²) in [6.07, 6.45) is 7.90. The van der Waals surface area contributed by atoms with Crippen LogP contribution in [0.4, 0.5) is 5.00 Å². The maximum atomic E-state index is 12.0. The van der Waals surface area contributed by atoms with Crippen molar-refractivity contribution in [2.75, 3.05) is 37.6 Å². The van der Waals surface area contributed by atoms with E-state index in [2.05, 4.69) is 50.3 Å². The third-order valence-corrected chi connectivity index (χ3v) is 6.58. The summed E-state index contributed by atoms with van der Waals surface area (Å²) in [5, 5.41) is 13.4. The molecule has 1 aromatic rings. The molecule has 8 heteroatoms. The molecule has 1 amide bonds. The van der Waals surface area contributed by atoms with E-state index in [1.54, 1.807) is 0 Å². The van der Waals surface area contributed by atoms with Crippen molar-refractivity contribution >= 4 is 52.2 Å². The first-order chi connectivity index (χ1) is 13.7. The zero-order valence-corrected chi connectivity index (χ0v) is 20.6. The van der Waals surface area contributed by atoms with Gasteiger partial charge in [0, 0.05) is 38.6 Å². The Morgan fingerprint density at radius 2 is 1.97 bits per heavy atom. The van der Waals surface area contributed by atoms with E-state index in [0.29, 0.717) is 31.5 Å². The van der Waals surface area contributed by atoms with Gasteiger partial charge in [0.05, 0.1) is 11.5 Å². The molecule has 0 aromatic carbocycles. The van der Waals surface area contributed by atoms with Crippen LogP contribution in [-0.2, 0) is 4.79 Å². The summed E-state index contributed by atoms with van der Waals surface area (Å²) in [7, 11) is 0. The number of aliphatic imine (C=N–C) groups is 1. The Morgan fingerprint density at radius 3 is 2.62 bits per heavy atom. The molecule has 29 heavy (non-hydrogen) atoms. The number of carbonyl (C=O) groups is 1. The number of nitrogens with one attached hydrogen (secondary N) is 3. The van der Waals surface area contributed by atoms with Crippen LogP contribution in [-0.4, -0.2) is 50.6 Å². The van der Waals surface area contributed by atoms with Crippen LogP contribution < -0.4 is 20.9 Å². The Morgan fingerprint density at radius 1 is 1.21 bits per heavy atom. The molecule has 1 aliphatic carbocycles. The Kier molecular flexibility index (Phi) is 11.1. The van der Waals surface area contributed by atoms with E-state index in [4.69, 9.17) is 0 Å². The number of hydrogen-bond acceptors (Lipinski definition) is 4. The highest BCUT2D eigenvalue weighted by molar-refractivity contribution is 14.0. The number of nitrogens with zero attached hydrogens (tertiary/aromatic N) is 2. The van der Waals surface area contributed by atoms with Gasteiger partial charge in [-0.2, -0.15) is 0 Å². The van der Waals surface area contributed by atoms with Gasteiger partial charge in [-0.05, 0) is 56.0 Å². The summed E-state index contributed by atoms with van der Waals surface area (Å²) < 4.78 is 0. The molecule has 2 heterocycles. The second-order valence-electron chi connectivity index (χ2n) is 7.82. The van der Waals surface area contributed by atoms with Crippen LogP contribution in [0.2, 0.25) is 0 Å². The highest BCUT2D eigenvalue weighted by Gasteiger charge is 2.21. The van der Waals surface area contributed by atoms with Gasteiger partial charge in [-0.15, -0.1) is 35.3 Å². The fourth-order valence-corrected chi connectivity index (χ4v) is 4.90. The maximum absolute atomic E-state index is 12.0. The molecular formula is C21H36IN5OS. The number of halogens is 1. The first-order valence-electron chi connectivity index (χ1n) is 10.8. The van der Waals surface area contributed by atoms with Gasteiger partial charge in [0.1, 0.15) is 0 Å². The lowest BCUT2D eigenvalue weighted by molar-refractivity contribution is -0.121. The summed E-state index contributed by atoms with van der Waals surface area (Å²) in [4.78, 5) is 19.1. The van der Waals surface area contributed by atoms with Gasteiger partial charge in [-0.1, -0.05) is 12.8 Å². The van der Waals surface area contributed by atoms with Crippen molar-refractivity contribution < 1.29 is 4.79 Å². The molecular weight excluding hydrogens is 497 g/mol. The van der Waals surface area contributed by atoms with E-state index in [0.717, 1.165) is 38.4 Å². The third kappa shape index (κ3) is 8.32. The fraction of sp³-hybridized carbons (Fsp3) is 0.714. The number of anilines is 1. The van der Waals surface area contributed by atoms with Gasteiger partial charge >= 0.3 is 0 Å². The molecule has 0 unspecified atom stereocenters. The van der Waals surface area contributed by atoms with E-state index in [-0.39, 0.29) is 29.9 Å². The predicted octanol–water partition coefficient (Wildman–Crippen LogP) is 3.59. The molecule has 3 N–H and O–H groups in total. The zero-order chi connectivity index (χ0) is 19.6. The van der Waals surface area contributed by atoms with E-state index in [1.165, 1.54) is 30.7 Å². The van der Waals surface area contributed by atoms with Gasteiger partial charge in [0.2, 0.25) is 5.91 Å². The van der Waals surface area contributed by atoms with Gasteiger partial charge < -0.3 is 20.9 Å². The minimum absolute atomic E-state index is 0. The highest BCUT2D eigenvalue weighted by Crippen LogP contribution is 2.27. The van der Waals surface area contributed by atoms with Crippen LogP contribution in [0.15, 0.2) is 22.5 Å². The molecule has 6 nitrogen and oxygen atoms in total. The Bertz CT molecular complexity index is 611. The van der Waals surface area contributed by atoms with E-state index < -0.39 is 0 Å². The van der Waals surface area contributed by atoms with Gasteiger partial charge in [0.25, 0.3) is 0 Å². The van der Waals surface area contributed by atoms with Crippen molar-refractivity contribution in [2.24, 2.45) is 10.9 Å². The lowest BCUT2D eigenvalue weighted by Gasteiger charge is -2.33. The Balaban J connectivity index is 0.00000300. The number of amides is 1. The van der Waals surface area contributed by atoms with E-state index in [9.17, 15) is 4.79 Å². The van der Waals surface area contributed by atoms with Crippen LogP contribution in [0.5, 0.6) is 0 Å². The molecule has 0 bridgehead atoms. The first kappa shape index (κ1) is 24.2. The van der Waals surface area contributed by atoms with Crippen LogP contribution >= 0.6 is 35.3 Å². The highest BCUT2D eigenvalue weighted by atomic mass is 127. The quantitative estimate of drug-likeness (QED) is 0.207. The molecule has 3 rings (SSSR count). The molecule has 1 saturated heterocycles. The zero-order valence-electron chi connectivity index (χ0n) is 17.5. The minimum Gasteiger partial charge on any atom is -0.363 e. The molecule has 0 radical (unpaired) electrons. The lowest BCUT2D eigenvalue weighted by Crippen LogP contribution is -2.48. The molecule has 164 valence electrons. The SMILES string of the molecule is CCNC(=NCCNC(=O)CC1CCCC1)NC1CCN(c2cccs2)CC1.I. The Hall–Kier alpha value is -1.03. The second-order valence-corrected chi connectivity index (χ2v) is 8.75. The normalized spacial score (nSPS) is 18.4. The number of rotatable bonds is 8. The predicted molar refractivity (Wildman–Crippen MR) is 134 cm³/mol. The summed E-state index contributed by atoms with van der Waals surface area (Å²) in [5.41, 5.74) is 0. The van der Waals surface area contributed by atoms with Crippen molar-refractivity contribution in [1.82, 2.24) is 16.0 Å². The van der Waals surface area contributed by atoms with Crippen molar-refractivity contribution in [2.45, 2.75) is 57.9 Å². The second kappa shape index (κ2) is 13.3. The summed E-state index contributed by atoms with van der Waals surface area (Å²) >= 11 is 1.81. The number of hydrogen-bond donors (Lipinski definition) is 3. The minimum atomic E-state index is 0. The van der Waals surface area contributed by atoms with Crippen molar-refractivity contribution in [1.29, 1.82) is 0 Å². The number of piperidine rings is 1. The summed E-state index contributed by atoms with van der Waals surface area (Å²) in [6.45, 7) is 6.30. The number of carbonyl (C=O) groups excluding carboxylic acids is 1. The van der Waals surface area contributed by atoms with Crippen molar-refractivity contribution in [3.05, 3.63) is 17.5 Å². The lowest BCUT2D eigenvalue weighted by atomic mass is 10.0. The van der Waals surface area contributed by atoms with Crippen molar-refractivity contribution in [3.63, 3.8) is 0 Å². The van der Waals surface area contributed by atoms with E-state index >= 15 is 0 Å². The summed E-state index contributed by atoms with van der Waals surface area (Å²) in [6, 6.07) is 4.77. The molecule has 0 atom stereocenters. The van der Waals surface area contributed by atoms with Crippen LogP contribution in [0.25, 0.3) is 0 Å². The largest absolute Gasteiger partial charge is 0.363 e. The number of thiophene rings is 1. The van der Waals surface area contributed by atoms with E-state index in [1.807, 2.05) is 11.3 Å². The summed E-state index contributed by atoms with van der Waals surface area (Å²) in [5.74, 6) is 1.64. The fourth-order valence-electron chi connectivity index (χ4n) is 4.12. The average Bonchev–Trinajstić information content (AvgIpc) is 3.40. The Labute approximate surface area is 196 Å². The van der Waals surface area contributed by atoms with Crippen LogP contribution in [0, 0.1) is 5.92 Å². The molecule has 1 saturated carbocycles. The van der Waals surface area contributed by atoms with Crippen molar-refractivity contribution in [3.8, 4) is 0 Å². The van der Waals surface area contributed by atoms with Crippen LogP contribution in [0.1, 0.15) is 51.9 Å². The molecule has 1 aliphatic heterocycles. The number of guanidine groups is 1. The topological polar surface area (TPSA) is 68.8 Å².